The van der Waals surface area contributed by atoms with Crippen molar-refractivity contribution in [1.29, 1.82) is 0 Å². The maximum Gasteiger partial charge on any atom is 0.219 e. The van der Waals surface area contributed by atoms with Crippen molar-refractivity contribution in [3.63, 3.8) is 0 Å². The average molecular weight is 301 g/mol. The molecule has 1 aromatic carbocycles. The molecule has 2 aromatic rings. The fourth-order valence-electron chi connectivity index (χ4n) is 1.10. The molecule has 1 N–H and O–H groups in total. The van der Waals surface area contributed by atoms with Crippen LogP contribution in [0.3, 0.4) is 0 Å². The van der Waals surface area contributed by atoms with Crippen LogP contribution in [0.25, 0.3) is 0 Å². The maximum atomic E-state index is 9.53. The second-order valence-corrected chi connectivity index (χ2v) is 4.38. The number of aromatic hydroxyl groups is 1. The lowest BCUT2D eigenvalue weighted by molar-refractivity contribution is 0.403. The summed E-state index contributed by atoms with van der Waals surface area (Å²) in [7, 11) is 0. The maximum absolute atomic E-state index is 9.53. The fraction of sp³-hybridized carbons (Fsp3) is 0. The van der Waals surface area contributed by atoms with Crippen molar-refractivity contribution in [3.8, 4) is 17.4 Å². The molecule has 0 fully saturated rings. The summed E-state index contributed by atoms with van der Waals surface area (Å²) in [5, 5.41) is 10.0. The molecule has 0 aliphatic heterocycles. The Kier molecular flexibility index (Phi) is 3.31. The van der Waals surface area contributed by atoms with Crippen LogP contribution in [0.4, 0.5) is 0 Å². The molecule has 0 unspecified atom stereocenters. The molecule has 0 spiro atoms. The first-order valence-electron chi connectivity index (χ1n) is 4.43. The van der Waals surface area contributed by atoms with E-state index in [-0.39, 0.29) is 11.5 Å². The van der Waals surface area contributed by atoms with Crippen LogP contribution in [-0.4, -0.2) is 10.1 Å². The van der Waals surface area contributed by atoms with Gasteiger partial charge in [0.2, 0.25) is 5.88 Å². The lowest BCUT2D eigenvalue weighted by atomic mass is 10.3. The number of hydrogen-bond donors (Lipinski definition) is 1. The summed E-state index contributed by atoms with van der Waals surface area (Å²) < 4.78 is 6.24. The van der Waals surface area contributed by atoms with Crippen molar-refractivity contribution < 1.29 is 9.84 Å². The van der Waals surface area contributed by atoms with Crippen LogP contribution in [0, 0.1) is 0 Å². The monoisotopic (exact) mass is 299 g/mol. The summed E-state index contributed by atoms with van der Waals surface area (Å²) in [5.74, 6) is 0.692. The van der Waals surface area contributed by atoms with E-state index in [0.29, 0.717) is 10.9 Å². The van der Waals surface area contributed by atoms with E-state index in [0.717, 1.165) is 4.47 Å². The van der Waals surface area contributed by atoms with Crippen molar-refractivity contribution in [2.75, 3.05) is 0 Å². The molecule has 0 amide bonds. The minimum Gasteiger partial charge on any atom is -0.504 e. The molecule has 16 heavy (non-hydrogen) atoms. The average Bonchev–Trinajstić information content (AvgIpc) is 2.27. The molecule has 0 bridgehead atoms. The molecule has 2 rings (SSSR count). The van der Waals surface area contributed by atoms with Crippen LogP contribution in [0.15, 0.2) is 41.0 Å². The molecule has 1 aromatic heterocycles. The van der Waals surface area contributed by atoms with Crippen molar-refractivity contribution in [2.45, 2.75) is 0 Å². The van der Waals surface area contributed by atoms with E-state index in [9.17, 15) is 5.11 Å². The van der Waals surface area contributed by atoms with E-state index in [1.165, 1.54) is 12.1 Å². The van der Waals surface area contributed by atoms with E-state index in [2.05, 4.69) is 20.9 Å². The van der Waals surface area contributed by atoms with Crippen LogP contribution >= 0.6 is 27.5 Å². The van der Waals surface area contributed by atoms with Gasteiger partial charge in [0.15, 0.2) is 11.5 Å². The number of nitrogens with zero attached hydrogens (tertiary/aromatic N) is 1. The Balaban J connectivity index is 2.26. The van der Waals surface area contributed by atoms with Gasteiger partial charge in [-0.3, -0.25) is 0 Å². The Morgan fingerprint density at radius 1 is 1.25 bits per heavy atom. The van der Waals surface area contributed by atoms with E-state index < -0.39 is 0 Å². The van der Waals surface area contributed by atoms with Crippen molar-refractivity contribution in [2.24, 2.45) is 0 Å². The minimum absolute atomic E-state index is 0.0223. The predicted octanol–water partition coefficient (Wildman–Crippen LogP) is 4.00. The van der Waals surface area contributed by atoms with Crippen molar-refractivity contribution in [3.05, 3.63) is 46.0 Å². The number of phenols is 1. The van der Waals surface area contributed by atoms with E-state index in [1.54, 1.807) is 24.4 Å². The lowest BCUT2D eigenvalue weighted by Crippen LogP contribution is -1.87. The number of aromatic nitrogens is 1. The van der Waals surface area contributed by atoms with Crippen LogP contribution < -0.4 is 4.74 Å². The number of halogens is 2. The quantitative estimate of drug-likeness (QED) is 0.911. The largest absolute Gasteiger partial charge is 0.504 e. The highest BCUT2D eigenvalue weighted by atomic mass is 79.9. The molecule has 0 saturated carbocycles. The standard InChI is InChI=1S/C11H7BrClNO2/c12-7-1-4-11(14-6-7)16-10-5-8(13)2-3-9(10)15/h1-6,15H. The highest BCUT2D eigenvalue weighted by molar-refractivity contribution is 9.10. The van der Waals surface area contributed by atoms with E-state index in [4.69, 9.17) is 16.3 Å². The van der Waals surface area contributed by atoms with E-state index in [1.807, 2.05) is 0 Å². The van der Waals surface area contributed by atoms with Crippen LogP contribution in [0.1, 0.15) is 0 Å². The van der Waals surface area contributed by atoms with E-state index >= 15 is 0 Å². The van der Waals surface area contributed by atoms with Crippen LogP contribution in [-0.2, 0) is 0 Å². The summed E-state index contributed by atoms with van der Waals surface area (Å²) in [6, 6.07) is 8.06. The summed E-state index contributed by atoms with van der Waals surface area (Å²) >= 11 is 9.06. The summed E-state index contributed by atoms with van der Waals surface area (Å²) in [6.07, 6.45) is 1.61. The lowest BCUT2D eigenvalue weighted by Gasteiger charge is -2.06. The fourth-order valence-corrected chi connectivity index (χ4v) is 1.50. The van der Waals surface area contributed by atoms with Crippen molar-refractivity contribution in [1.82, 2.24) is 4.98 Å². The third kappa shape index (κ3) is 2.65. The number of pyridine rings is 1. The first kappa shape index (κ1) is 11.2. The Hall–Kier alpha value is -1.26. The molecule has 1 heterocycles. The molecule has 0 atom stereocenters. The van der Waals surface area contributed by atoms with Gasteiger partial charge in [0.05, 0.1) is 0 Å². The number of rotatable bonds is 2. The summed E-state index contributed by atoms with van der Waals surface area (Å²) in [6.45, 7) is 0. The Morgan fingerprint density at radius 3 is 2.75 bits per heavy atom. The Labute approximate surface area is 106 Å². The number of phenolic OH excluding ortho intramolecular Hbond substituents is 1. The van der Waals surface area contributed by atoms with Gasteiger partial charge in [0.1, 0.15) is 0 Å². The second-order valence-electron chi connectivity index (χ2n) is 3.03. The van der Waals surface area contributed by atoms with Gasteiger partial charge in [-0.1, -0.05) is 11.6 Å². The van der Waals surface area contributed by atoms with Gasteiger partial charge in [-0.2, -0.15) is 0 Å². The molecule has 3 nitrogen and oxygen atoms in total. The zero-order valence-corrected chi connectivity index (χ0v) is 10.4. The second kappa shape index (κ2) is 4.72. The zero-order valence-electron chi connectivity index (χ0n) is 8.02. The predicted molar refractivity (Wildman–Crippen MR) is 65.1 cm³/mol. The smallest absolute Gasteiger partial charge is 0.219 e. The highest BCUT2D eigenvalue weighted by Crippen LogP contribution is 2.32. The Morgan fingerprint density at radius 2 is 2.06 bits per heavy atom. The van der Waals surface area contributed by atoms with Gasteiger partial charge in [0, 0.05) is 27.8 Å². The molecular weight excluding hydrogens is 293 g/mol. The first-order chi connectivity index (χ1) is 7.65. The number of hydrogen-bond acceptors (Lipinski definition) is 3. The SMILES string of the molecule is Oc1ccc(Cl)cc1Oc1ccc(Br)cn1. The first-order valence-corrected chi connectivity index (χ1v) is 5.60. The molecule has 5 heteroatoms. The van der Waals surface area contributed by atoms with Gasteiger partial charge in [0.25, 0.3) is 0 Å². The van der Waals surface area contributed by atoms with Crippen LogP contribution in [0.2, 0.25) is 5.02 Å². The minimum atomic E-state index is 0.0223. The van der Waals surface area contributed by atoms with Gasteiger partial charge in [-0.05, 0) is 34.1 Å². The molecular formula is C11H7BrClNO2. The van der Waals surface area contributed by atoms with Gasteiger partial charge in [-0.15, -0.1) is 0 Å². The zero-order chi connectivity index (χ0) is 11.5. The molecule has 0 saturated heterocycles. The van der Waals surface area contributed by atoms with Gasteiger partial charge < -0.3 is 9.84 Å². The van der Waals surface area contributed by atoms with Gasteiger partial charge in [-0.25, -0.2) is 4.98 Å². The summed E-state index contributed by atoms with van der Waals surface area (Å²) in [4.78, 5) is 4.02. The molecule has 82 valence electrons. The highest BCUT2D eigenvalue weighted by Gasteiger charge is 2.05. The topological polar surface area (TPSA) is 42.4 Å². The molecule has 0 aliphatic carbocycles. The number of ether oxygens (including phenoxy) is 1. The molecule has 0 aliphatic rings. The molecule has 0 radical (unpaired) electrons. The summed E-state index contributed by atoms with van der Waals surface area (Å²) in [5.41, 5.74) is 0. The van der Waals surface area contributed by atoms with Crippen LogP contribution in [0.5, 0.6) is 17.4 Å². The van der Waals surface area contributed by atoms with Crippen molar-refractivity contribution >= 4 is 27.5 Å². The normalized spacial score (nSPS) is 10.1. The number of benzene rings is 1. The third-order valence-corrected chi connectivity index (χ3v) is 2.54. The third-order valence-electron chi connectivity index (χ3n) is 1.84. The van der Waals surface area contributed by atoms with Gasteiger partial charge >= 0.3 is 0 Å². The Bertz CT molecular complexity index is 502.